The zero-order valence-electron chi connectivity index (χ0n) is 14.5. The quantitative estimate of drug-likeness (QED) is 0.727. The SMILES string of the molecule is Cl.O=C1NC2(CCCC2)C(=O)N1CCC(=O)N1C2CCNCC1CC2. The maximum atomic E-state index is 12.7. The molecule has 0 radical (unpaired) electrons. The number of amides is 4. The van der Waals surface area contributed by atoms with Crippen molar-refractivity contribution >= 4 is 30.3 Å². The summed E-state index contributed by atoms with van der Waals surface area (Å²) in [5.41, 5.74) is -0.675. The minimum atomic E-state index is -0.675. The van der Waals surface area contributed by atoms with E-state index >= 15 is 0 Å². The van der Waals surface area contributed by atoms with Crippen molar-refractivity contribution in [2.24, 2.45) is 0 Å². The summed E-state index contributed by atoms with van der Waals surface area (Å²) in [7, 11) is 0. The van der Waals surface area contributed by atoms with Gasteiger partial charge in [0.2, 0.25) is 5.91 Å². The number of nitrogens with one attached hydrogen (secondary N) is 2. The van der Waals surface area contributed by atoms with E-state index in [1.54, 1.807) is 0 Å². The lowest BCUT2D eigenvalue weighted by molar-refractivity contribution is -0.135. The first-order valence-electron chi connectivity index (χ1n) is 9.27. The van der Waals surface area contributed by atoms with Gasteiger partial charge < -0.3 is 15.5 Å². The predicted molar refractivity (Wildman–Crippen MR) is 94.5 cm³/mol. The number of imide groups is 1. The Kier molecular flexibility index (Phi) is 5.25. The van der Waals surface area contributed by atoms with Crippen LogP contribution in [0.25, 0.3) is 0 Å². The van der Waals surface area contributed by atoms with Gasteiger partial charge in [-0.15, -0.1) is 12.4 Å². The molecule has 4 amide bonds. The molecule has 3 aliphatic heterocycles. The average Bonchev–Trinajstić information content (AvgIpc) is 3.17. The number of urea groups is 1. The number of rotatable bonds is 3. The van der Waals surface area contributed by atoms with E-state index in [0.29, 0.717) is 6.04 Å². The summed E-state index contributed by atoms with van der Waals surface area (Å²) in [6, 6.07) is 0.270. The van der Waals surface area contributed by atoms with Gasteiger partial charge in [0.15, 0.2) is 0 Å². The maximum Gasteiger partial charge on any atom is 0.325 e. The molecule has 4 aliphatic rings. The minimum absolute atomic E-state index is 0. The van der Waals surface area contributed by atoms with E-state index in [4.69, 9.17) is 0 Å². The molecular formula is C17H27ClN4O3. The number of carbonyl (C=O) groups excluding carboxylic acids is 3. The third kappa shape index (κ3) is 3.12. The van der Waals surface area contributed by atoms with Crippen LogP contribution in [0.2, 0.25) is 0 Å². The van der Waals surface area contributed by atoms with Crippen molar-refractivity contribution in [3.05, 3.63) is 0 Å². The van der Waals surface area contributed by atoms with Crippen LogP contribution in [-0.4, -0.2) is 64.9 Å². The van der Waals surface area contributed by atoms with E-state index in [0.717, 1.165) is 58.0 Å². The van der Waals surface area contributed by atoms with Crippen LogP contribution in [0.15, 0.2) is 0 Å². The summed E-state index contributed by atoms with van der Waals surface area (Å²) in [5, 5.41) is 6.26. The molecule has 4 fully saturated rings. The minimum Gasteiger partial charge on any atom is -0.335 e. The molecule has 1 aliphatic carbocycles. The van der Waals surface area contributed by atoms with Gasteiger partial charge >= 0.3 is 6.03 Å². The number of halogens is 1. The topological polar surface area (TPSA) is 81.8 Å². The van der Waals surface area contributed by atoms with Crippen molar-refractivity contribution in [2.45, 2.75) is 69.0 Å². The Bertz CT molecular complexity index is 550. The van der Waals surface area contributed by atoms with E-state index in [2.05, 4.69) is 10.6 Å². The Hall–Kier alpha value is -1.34. The first-order chi connectivity index (χ1) is 11.6. The first-order valence-corrected chi connectivity index (χ1v) is 9.27. The highest BCUT2D eigenvalue weighted by molar-refractivity contribution is 6.07. The molecule has 7 nitrogen and oxygen atoms in total. The lowest BCUT2D eigenvalue weighted by Crippen LogP contribution is -2.45. The summed E-state index contributed by atoms with van der Waals surface area (Å²) >= 11 is 0. The molecule has 2 bridgehead atoms. The molecule has 0 aromatic rings. The van der Waals surface area contributed by atoms with Gasteiger partial charge in [0, 0.05) is 31.6 Å². The first kappa shape index (κ1) is 18.5. The number of fused-ring (bicyclic) bond motifs is 2. The van der Waals surface area contributed by atoms with Crippen molar-refractivity contribution in [2.75, 3.05) is 19.6 Å². The molecule has 140 valence electrons. The van der Waals surface area contributed by atoms with Gasteiger partial charge in [0.1, 0.15) is 5.54 Å². The highest BCUT2D eigenvalue weighted by atomic mass is 35.5. The van der Waals surface area contributed by atoms with Crippen LogP contribution in [0.5, 0.6) is 0 Å². The fourth-order valence-electron chi connectivity index (χ4n) is 4.92. The van der Waals surface area contributed by atoms with E-state index in [1.165, 1.54) is 4.90 Å². The van der Waals surface area contributed by atoms with Crippen LogP contribution in [0, 0.1) is 0 Å². The van der Waals surface area contributed by atoms with E-state index in [-0.39, 0.29) is 49.3 Å². The van der Waals surface area contributed by atoms with Crippen LogP contribution in [0.3, 0.4) is 0 Å². The van der Waals surface area contributed by atoms with Gasteiger partial charge in [0.05, 0.1) is 0 Å². The molecule has 3 saturated heterocycles. The van der Waals surface area contributed by atoms with Gasteiger partial charge in [-0.25, -0.2) is 4.79 Å². The number of hydrogen-bond acceptors (Lipinski definition) is 4. The monoisotopic (exact) mass is 370 g/mol. The summed E-state index contributed by atoms with van der Waals surface area (Å²) in [4.78, 5) is 40.8. The molecular weight excluding hydrogens is 344 g/mol. The second kappa shape index (κ2) is 7.11. The van der Waals surface area contributed by atoms with Crippen LogP contribution in [0.1, 0.15) is 51.4 Å². The molecule has 0 aromatic carbocycles. The van der Waals surface area contributed by atoms with Crippen molar-refractivity contribution in [1.29, 1.82) is 0 Å². The van der Waals surface area contributed by atoms with E-state index < -0.39 is 5.54 Å². The Balaban J connectivity index is 0.00000182. The number of carbonyl (C=O) groups is 3. The highest BCUT2D eigenvalue weighted by Gasteiger charge is 2.52. The largest absolute Gasteiger partial charge is 0.335 e. The van der Waals surface area contributed by atoms with Crippen LogP contribution in [-0.2, 0) is 9.59 Å². The lowest BCUT2D eigenvalue weighted by atomic mass is 9.98. The van der Waals surface area contributed by atoms with Crippen LogP contribution < -0.4 is 10.6 Å². The third-order valence-corrected chi connectivity index (χ3v) is 6.19. The highest BCUT2D eigenvalue weighted by Crippen LogP contribution is 2.35. The summed E-state index contributed by atoms with van der Waals surface area (Å²) in [6.45, 7) is 2.02. The Morgan fingerprint density at radius 1 is 1.12 bits per heavy atom. The Morgan fingerprint density at radius 3 is 2.60 bits per heavy atom. The number of hydrogen-bond donors (Lipinski definition) is 2. The smallest absolute Gasteiger partial charge is 0.325 e. The van der Waals surface area contributed by atoms with Crippen LogP contribution >= 0.6 is 12.4 Å². The van der Waals surface area contributed by atoms with Crippen molar-refractivity contribution in [1.82, 2.24) is 20.4 Å². The predicted octanol–water partition coefficient (Wildman–Crippen LogP) is 1.02. The molecule has 25 heavy (non-hydrogen) atoms. The zero-order chi connectivity index (χ0) is 16.7. The van der Waals surface area contributed by atoms with E-state index in [1.807, 2.05) is 4.90 Å². The summed E-state index contributed by atoms with van der Waals surface area (Å²) in [6.07, 6.45) is 6.76. The zero-order valence-corrected chi connectivity index (χ0v) is 15.3. The Labute approximate surface area is 154 Å². The van der Waals surface area contributed by atoms with Gasteiger partial charge in [-0.2, -0.15) is 0 Å². The molecule has 3 heterocycles. The van der Waals surface area contributed by atoms with Gasteiger partial charge in [0.25, 0.3) is 5.91 Å². The van der Waals surface area contributed by atoms with E-state index in [9.17, 15) is 14.4 Å². The normalized spacial score (nSPS) is 30.4. The van der Waals surface area contributed by atoms with Crippen molar-refractivity contribution in [3.63, 3.8) is 0 Å². The van der Waals surface area contributed by atoms with Gasteiger partial charge in [-0.3, -0.25) is 14.5 Å². The molecule has 2 N–H and O–H groups in total. The molecule has 1 spiro atoms. The molecule has 0 aromatic heterocycles. The molecule has 1 saturated carbocycles. The van der Waals surface area contributed by atoms with Crippen LogP contribution in [0.4, 0.5) is 4.79 Å². The fourth-order valence-corrected chi connectivity index (χ4v) is 4.92. The molecule has 2 unspecified atom stereocenters. The van der Waals surface area contributed by atoms with Gasteiger partial charge in [-0.1, -0.05) is 12.8 Å². The summed E-state index contributed by atoms with van der Waals surface area (Å²) < 4.78 is 0. The average molecular weight is 371 g/mol. The maximum absolute atomic E-state index is 12.7. The third-order valence-electron chi connectivity index (χ3n) is 6.19. The second-order valence-corrected chi connectivity index (χ2v) is 7.60. The number of nitrogens with zero attached hydrogens (tertiary/aromatic N) is 2. The van der Waals surface area contributed by atoms with Gasteiger partial charge in [-0.05, 0) is 38.6 Å². The standard InChI is InChI=1S/C17H26N4O3.ClH/c22-14(21-12-3-4-13(21)11-18-9-5-12)6-10-20-15(23)17(19-16(20)24)7-1-2-8-17;/h12-13,18H,1-11H2,(H,19,24);1H. The molecule has 2 atom stereocenters. The Morgan fingerprint density at radius 2 is 1.84 bits per heavy atom. The molecule has 8 heteroatoms. The second-order valence-electron chi connectivity index (χ2n) is 7.60. The fraction of sp³-hybridized carbons (Fsp3) is 0.824. The molecule has 4 rings (SSSR count). The lowest BCUT2D eigenvalue weighted by Gasteiger charge is -2.28. The summed E-state index contributed by atoms with van der Waals surface area (Å²) in [5.74, 6) is -0.0440. The van der Waals surface area contributed by atoms with Crippen molar-refractivity contribution in [3.8, 4) is 0 Å². The van der Waals surface area contributed by atoms with Crippen molar-refractivity contribution < 1.29 is 14.4 Å².